The van der Waals surface area contributed by atoms with E-state index in [1.807, 2.05) is 31.2 Å². The van der Waals surface area contributed by atoms with E-state index >= 15 is 0 Å². The van der Waals surface area contributed by atoms with Crippen molar-refractivity contribution in [1.82, 2.24) is 5.32 Å². The maximum atomic E-state index is 12.9. The van der Waals surface area contributed by atoms with Crippen LogP contribution in [-0.4, -0.2) is 46.4 Å². The average Bonchev–Trinajstić information content (AvgIpc) is 2.75. The molecule has 0 fully saturated rings. The van der Waals surface area contributed by atoms with Gasteiger partial charge in [-0.05, 0) is 55.2 Å². The highest BCUT2D eigenvalue weighted by atomic mass is 32.2. The zero-order valence-corrected chi connectivity index (χ0v) is 20.3. The standard InChI is InChI=1S/C24H34N2O5S/c1-6-22(26(32(5,28)29)19-12-14-20(15-13-19)30-7-2)24(27)25-16-17-31-23-11-9-8-10-21(23)18(3)4/h8-15,18,22H,6-7,16-17H2,1-5H3,(H,25,27)/t22-/m1/s1. The number of benzene rings is 2. The van der Waals surface area contributed by atoms with Crippen LogP contribution in [0.5, 0.6) is 11.5 Å². The molecule has 0 aromatic heterocycles. The maximum Gasteiger partial charge on any atom is 0.244 e. The Labute approximate surface area is 191 Å². The van der Waals surface area contributed by atoms with Gasteiger partial charge in [0.15, 0.2) is 0 Å². The number of hydrogen-bond acceptors (Lipinski definition) is 5. The number of nitrogens with zero attached hydrogens (tertiary/aromatic N) is 1. The van der Waals surface area contributed by atoms with Gasteiger partial charge in [-0.25, -0.2) is 8.42 Å². The number of rotatable bonds is 12. The average molecular weight is 463 g/mol. The van der Waals surface area contributed by atoms with E-state index in [2.05, 4.69) is 19.2 Å². The minimum absolute atomic E-state index is 0.267. The lowest BCUT2D eigenvalue weighted by Gasteiger charge is -2.30. The zero-order valence-electron chi connectivity index (χ0n) is 19.5. The van der Waals surface area contributed by atoms with Crippen LogP contribution in [0, 0.1) is 0 Å². The molecule has 0 radical (unpaired) electrons. The lowest BCUT2D eigenvalue weighted by molar-refractivity contribution is -0.122. The Morgan fingerprint density at radius 1 is 1.03 bits per heavy atom. The Kier molecular flexibility index (Phi) is 9.38. The molecule has 2 aromatic rings. The molecule has 1 N–H and O–H groups in total. The first-order chi connectivity index (χ1) is 15.2. The number of amides is 1. The van der Waals surface area contributed by atoms with Crippen molar-refractivity contribution in [1.29, 1.82) is 0 Å². The summed E-state index contributed by atoms with van der Waals surface area (Å²) in [6.07, 6.45) is 1.43. The molecule has 0 aliphatic carbocycles. The third-order valence-corrected chi connectivity index (χ3v) is 6.11. The van der Waals surface area contributed by atoms with Crippen LogP contribution in [0.4, 0.5) is 5.69 Å². The van der Waals surface area contributed by atoms with E-state index in [-0.39, 0.29) is 19.1 Å². The molecule has 1 amide bonds. The second-order valence-electron chi connectivity index (χ2n) is 7.74. The summed E-state index contributed by atoms with van der Waals surface area (Å²) in [6.45, 7) is 8.91. The highest BCUT2D eigenvalue weighted by Gasteiger charge is 2.31. The van der Waals surface area contributed by atoms with Gasteiger partial charge in [-0.2, -0.15) is 0 Å². The highest BCUT2D eigenvalue weighted by Crippen LogP contribution is 2.26. The summed E-state index contributed by atoms with van der Waals surface area (Å²) in [5.41, 5.74) is 1.52. The maximum absolute atomic E-state index is 12.9. The molecular weight excluding hydrogens is 428 g/mol. The third kappa shape index (κ3) is 6.88. The Morgan fingerprint density at radius 2 is 1.69 bits per heavy atom. The number of carbonyl (C=O) groups excluding carboxylic acids is 1. The SMILES string of the molecule is CCOc1ccc(N([C@H](CC)C(=O)NCCOc2ccccc2C(C)C)S(C)(=O)=O)cc1. The lowest BCUT2D eigenvalue weighted by Crippen LogP contribution is -2.50. The van der Waals surface area contributed by atoms with Crippen molar-refractivity contribution >= 4 is 21.6 Å². The fourth-order valence-electron chi connectivity index (χ4n) is 3.46. The number of sulfonamides is 1. The predicted molar refractivity (Wildman–Crippen MR) is 128 cm³/mol. The number of hydrogen-bond donors (Lipinski definition) is 1. The Hall–Kier alpha value is -2.74. The van der Waals surface area contributed by atoms with Crippen LogP contribution >= 0.6 is 0 Å². The van der Waals surface area contributed by atoms with Gasteiger partial charge in [-0.1, -0.05) is 39.0 Å². The molecule has 8 heteroatoms. The number of nitrogens with one attached hydrogen (secondary N) is 1. The van der Waals surface area contributed by atoms with Gasteiger partial charge >= 0.3 is 0 Å². The first kappa shape index (κ1) is 25.5. The third-order valence-electron chi connectivity index (χ3n) is 4.93. The van der Waals surface area contributed by atoms with Crippen LogP contribution in [0.1, 0.15) is 45.6 Å². The fourth-order valence-corrected chi connectivity index (χ4v) is 4.67. The second-order valence-corrected chi connectivity index (χ2v) is 9.60. The van der Waals surface area contributed by atoms with Crippen molar-refractivity contribution in [3.63, 3.8) is 0 Å². The summed E-state index contributed by atoms with van der Waals surface area (Å²) < 4.78 is 37.5. The Morgan fingerprint density at radius 3 is 2.25 bits per heavy atom. The zero-order chi connectivity index (χ0) is 23.7. The minimum Gasteiger partial charge on any atom is -0.494 e. The van der Waals surface area contributed by atoms with Crippen molar-refractivity contribution in [3.05, 3.63) is 54.1 Å². The summed E-state index contributed by atoms with van der Waals surface area (Å²) in [6, 6.07) is 13.6. The lowest BCUT2D eigenvalue weighted by atomic mass is 10.0. The summed E-state index contributed by atoms with van der Waals surface area (Å²) in [7, 11) is -3.69. The molecule has 0 spiro atoms. The number of para-hydroxylation sites is 1. The molecule has 7 nitrogen and oxygen atoms in total. The van der Waals surface area contributed by atoms with Gasteiger partial charge in [-0.3, -0.25) is 9.10 Å². The summed E-state index contributed by atoms with van der Waals surface area (Å²) >= 11 is 0. The molecule has 0 heterocycles. The predicted octanol–water partition coefficient (Wildman–Crippen LogP) is 3.95. The smallest absolute Gasteiger partial charge is 0.244 e. The van der Waals surface area contributed by atoms with Gasteiger partial charge in [0.2, 0.25) is 15.9 Å². The molecule has 0 aliphatic heterocycles. The summed E-state index contributed by atoms with van der Waals surface area (Å²) in [4.78, 5) is 12.9. The van der Waals surface area contributed by atoms with E-state index in [9.17, 15) is 13.2 Å². The quantitative estimate of drug-likeness (QED) is 0.483. The van der Waals surface area contributed by atoms with E-state index in [1.54, 1.807) is 31.2 Å². The number of anilines is 1. The van der Waals surface area contributed by atoms with Crippen LogP contribution in [0.2, 0.25) is 0 Å². The van der Waals surface area contributed by atoms with E-state index in [0.717, 1.165) is 21.9 Å². The molecule has 2 aromatic carbocycles. The largest absolute Gasteiger partial charge is 0.494 e. The van der Waals surface area contributed by atoms with Crippen LogP contribution < -0.4 is 19.1 Å². The van der Waals surface area contributed by atoms with Crippen LogP contribution in [0.15, 0.2) is 48.5 Å². The van der Waals surface area contributed by atoms with E-state index in [0.29, 0.717) is 30.4 Å². The molecule has 176 valence electrons. The Balaban J connectivity index is 2.07. The van der Waals surface area contributed by atoms with Gasteiger partial charge in [0.1, 0.15) is 24.1 Å². The monoisotopic (exact) mass is 462 g/mol. The van der Waals surface area contributed by atoms with Crippen molar-refractivity contribution < 1.29 is 22.7 Å². The van der Waals surface area contributed by atoms with Gasteiger partial charge in [0.25, 0.3) is 0 Å². The Bertz CT molecular complexity index is 974. The highest BCUT2D eigenvalue weighted by molar-refractivity contribution is 7.92. The molecule has 32 heavy (non-hydrogen) atoms. The summed E-state index contributed by atoms with van der Waals surface area (Å²) in [5, 5.41) is 2.81. The first-order valence-corrected chi connectivity index (χ1v) is 12.8. The second kappa shape index (κ2) is 11.8. The van der Waals surface area contributed by atoms with Crippen LogP contribution in [-0.2, 0) is 14.8 Å². The van der Waals surface area contributed by atoms with Gasteiger partial charge in [-0.15, -0.1) is 0 Å². The molecule has 0 bridgehead atoms. The molecule has 0 saturated carbocycles. The molecule has 0 saturated heterocycles. The molecule has 2 rings (SSSR count). The summed E-state index contributed by atoms with van der Waals surface area (Å²) in [5.74, 6) is 1.38. The van der Waals surface area contributed by atoms with Crippen LogP contribution in [0.3, 0.4) is 0 Å². The van der Waals surface area contributed by atoms with Crippen molar-refractivity contribution in [2.24, 2.45) is 0 Å². The fraction of sp³-hybridized carbons (Fsp3) is 0.458. The molecule has 0 aliphatic rings. The van der Waals surface area contributed by atoms with E-state index in [1.165, 1.54) is 0 Å². The van der Waals surface area contributed by atoms with Gasteiger partial charge in [0, 0.05) is 0 Å². The minimum atomic E-state index is -3.69. The van der Waals surface area contributed by atoms with Crippen molar-refractivity contribution in [2.45, 2.75) is 46.1 Å². The van der Waals surface area contributed by atoms with Gasteiger partial charge in [0.05, 0.1) is 25.1 Å². The molecule has 0 unspecified atom stereocenters. The van der Waals surface area contributed by atoms with Gasteiger partial charge < -0.3 is 14.8 Å². The molecule has 1 atom stereocenters. The molecular formula is C24H34N2O5S. The van der Waals surface area contributed by atoms with Crippen molar-refractivity contribution in [3.8, 4) is 11.5 Å². The van der Waals surface area contributed by atoms with E-state index in [4.69, 9.17) is 9.47 Å². The first-order valence-electron chi connectivity index (χ1n) is 10.9. The normalized spacial score (nSPS) is 12.3. The van der Waals surface area contributed by atoms with Crippen LogP contribution in [0.25, 0.3) is 0 Å². The topological polar surface area (TPSA) is 84.9 Å². The number of ether oxygens (including phenoxy) is 2. The van der Waals surface area contributed by atoms with Crippen molar-refractivity contribution in [2.75, 3.05) is 30.3 Å². The number of carbonyl (C=O) groups is 1. The van der Waals surface area contributed by atoms with E-state index < -0.39 is 16.1 Å².